The summed E-state index contributed by atoms with van der Waals surface area (Å²) in [6.45, 7) is 4.75. The molecule has 3 nitrogen and oxygen atoms in total. The van der Waals surface area contributed by atoms with Crippen molar-refractivity contribution in [1.82, 2.24) is 4.57 Å². The van der Waals surface area contributed by atoms with Gasteiger partial charge in [0.05, 0.1) is 13.2 Å². The van der Waals surface area contributed by atoms with Crippen LogP contribution in [0.2, 0.25) is 0 Å². The van der Waals surface area contributed by atoms with Crippen LogP contribution >= 0.6 is 0 Å². The second kappa shape index (κ2) is 6.57. The molecule has 0 amide bonds. The van der Waals surface area contributed by atoms with Gasteiger partial charge in [-0.15, -0.1) is 0 Å². The Morgan fingerprint density at radius 2 is 2.11 bits per heavy atom. The molecule has 0 saturated carbocycles. The summed E-state index contributed by atoms with van der Waals surface area (Å²) in [5.74, 6) is 0. The van der Waals surface area contributed by atoms with Crippen LogP contribution in [0.25, 0.3) is 10.9 Å². The maximum absolute atomic E-state index is 9.10. The summed E-state index contributed by atoms with van der Waals surface area (Å²) in [7, 11) is 0. The molecular formula is C15H21NO2. The fourth-order valence-electron chi connectivity index (χ4n) is 2.05. The first-order valence-electron chi connectivity index (χ1n) is 6.61. The van der Waals surface area contributed by atoms with Gasteiger partial charge in [-0.25, -0.2) is 0 Å². The zero-order valence-corrected chi connectivity index (χ0v) is 10.9. The van der Waals surface area contributed by atoms with Crippen LogP contribution < -0.4 is 0 Å². The molecule has 3 heteroatoms. The monoisotopic (exact) mass is 247 g/mol. The predicted octanol–water partition coefficient (Wildman–Crippen LogP) is 2.95. The van der Waals surface area contributed by atoms with E-state index < -0.39 is 0 Å². The average Bonchev–Trinajstić information content (AvgIpc) is 2.81. The Balaban J connectivity index is 1.97. The normalized spacial score (nSPS) is 11.2. The van der Waals surface area contributed by atoms with Crippen molar-refractivity contribution in [2.24, 2.45) is 0 Å². The molecule has 2 rings (SSSR count). The number of ether oxygens (including phenoxy) is 1. The maximum atomic E-state index is 9.10. The van der Waals surface area contributed by atoms with E-state index in [1.807, 2.05) is 12.1 Å². The molecule has 0 fully saturated rings. The molecule has 0 aliphatic rings. The summed E-state index contributed by atoms with van der Waals surface area (Å²) in [5.41, 5.74) is 2.16. The number of unbranched alkanes of at least 4 members (excludes halogenated alkanes) is 1. The van der Waals surface area contributed by atoms with Gasteiger partial charge >= 0.3 is 0 Å². The van der Waals surface area contributed by atoms with Crippen molar-refractivity contribution in [3.8, 4) is 0 Å². The van der Waals surface area contributed by atoms with Crippen molar-refractivity contribution in [3.63, 3.8) is 0 Å². The highest BCUT2D eigenvalue weighted by molar-refractivity contribution is 5.80. The molecule has 18 heavy (non-hydrogen) atoms. The van der Waals surface area contributed by atoms with Gasteiger partial charge in [0.15, 0.2) is 0 Å². The topological polar surface area (TPSA) is 34.4 Å². The first-order valence-corrected chi connectivity index (χ1v) is 6.61. The zero-order valence-electron chi connectivity index (χ0n) is 10.9. The Labute approximate surface area is 108 Å². The van der Waals surface area contributed by atoms with Crippen LogP contribution in [0.5, 0.6) is 0 Å². The van der Waals surface area contributed by atoms with E-state index in [4.69, 9.17) is 9.84 Å². The van der Waals surface area contributed by atoms with Crippen LogP contribution in [-0.4, -0.2) is 22.9 Å². The Kier molecular flexibility index (Phi) is 4.79. The molecule has 1 aromatic heterocycles. The van der Waals surface area contributed by atoms with E-state index in [9.17, 15) is 0 Å². The molecule has 1 N–H and O–H groups in total. The lowest BCUT2D eigenvalue weighted by Gasteiger charge is -2.07. The molecule has 2 aromatic rings. The Morgan fingerprint density at radius 3 is 2.89 bits per heavy atom. The molecule has 0 aliphatic heterocycles. The molecular weight excluding hydrogens is 226 g/mol. The molecule has 0 bridgehead atoms. The van der Waals surface area contributed by atoms with Gasteiger partial charge in [-0.2, -0.15) is 0 Å². The summed E-state index contributed by atoms with van der Waals surface area (Å²) in [6, 6.07) is 8.15. The summed E-state index contributed by atoms with van der Waals surface area (Å²) >= 11 is 0. The van der Waals surface area contributed by atoms with E-state index in [1.165, 1.54) is 17.3 Å². The van der Waals surface area contributed by atoms with Crippen LogP contribution in [0.4, 0.5) is 0 Å². The lowest BCUT2D eigenvalue weighted by atomic mass is 10.2. The standard InChI is InChI=1S/C15H21NO2/c1-2-3-9-18-10-8-16-7-6-14-11-13(12-17)4-5-15(14)16/h4-7,11,17H,2-3,8-10,12H2,1H3. The average molecular weight is 247 g/mol. The first-order chi connectivity index (χ1) is 8.85. The molecule has 0 atom stereocenters. The molecule has 0 spiro atoms. The van der Waals surface area contributed by atoms with E-state index in [0.717, 1.165) is 31.7 Å². The fourth-order valence-corrected chi connectivity index (χ4v) is 2.05. The highest BCUT2D eigenvalue weighted by Crippen LogP contribution is 2.17. The smallest absolute Gasteiger partial charge is 0.0682 e. The number of hydrogen-bond acceptors (Lipinski definition) is 2. The van der Waals surface area contributed by atoms with E-state index in [2.05, 4.69) is 29.8 Å². The van der Waals surface area contributed by atoms with Gasteiger partial charge < -0.3 is 14.4 Å². The molecule has 1 heterocycles. The lowest BCUT2D eigenvalue weighted by molar-refractivity contribution is 0.124. The highest BCUT2D eigenvalue weighted by atomic mass is 16.5. The molecule has 0 aliphatic carbocycles. The third kappa shape index (κ3) is 3.12. The minimum Gasteiger partial charge on any atom is -0.392 e. The minimum atomic E-state index is 0.0985. The van der Waals surface area contributed by atoms with E-state index in [-0.39, 0.29) is 6.61 Å². The quantitative estimate of drug-likeness (QED) is 0.763. The fraction of sp³-hybridized carbons (Fsp3) is 0.467. The van der Waals surface area contributed by atoms with Crippen LogP contribution in [0.1, 0.15) is 25.3 Å². The second-order valence-electron chi connectivity index (χ2n) is 4.53. The van der Waals surface area contributed by atoms with Gasteiger partial charge in [0.2, 0.25) is 0 Å². The Morgan fingerprint density at radius 1 is 1.22 bits per heavy atom. The van der Waals surface area contributed by atoms with Crippen molar-refractivity contribution >= 4 is 10.9 Å². The van der Waals surface area contributed by atoms with E-state index >= 15 is 0 Å². The number of fused-ring (bicyclic) bond motifs is 1. The number of aromatic nitrogens is 1. The van der Waals surface area contributed by atoms with Crippen LogP contribution in [0, 0.1) is 0 Å². The maximum Gasteiger partial charge on any atom is 0.0682 e. The second-order valence-corrected chi connectivity index (χ2v) is 4.53. The number of nitrogens with zero attached hydrogens (tertiary/aromatic N) is 1. The number of aliphatic hydroxyl groups excluding tert-OH is 1. The van der Waals surface area contributed by atoms with Gasteiger partial charge in [0.25, 0.3) is 0 Å². The number of aliphatic hydroxyl groups is 1. The molecule has 0 unspecified atom stereocenters. The summed E-state index contributed by atoms with van der Waals surface area (Å²) in [6.07, 6.45) is 4.39. The molecule has 0 saturated heterocycles. The largest absolute Gasteiger partial charge is 0.392 e. The van der Waals surface area contributed by atoms with Gasteiger partial charge in [-0.1, -0.05) is 19.4 Å². The van der Waals surface area contributed by atoms with Crippen LogP contribution in [0.3, 0.4) is 0 Å². The minimum absolute atomic E-state index is 0.0985. The van der Waals surface area contributed by atoms with E-state index in [1.54, 1.807) is 0 Å². The van der Waals surface area contributed by atoms with Crippen molar-refractivity contribution in [3.05, 3.63) is 36.0 Å². The Bertz CT molecular complexity index is 490. The summed E-state index contributed by atoms with van der Waals surface area (Å²) in [4.78, 5) is 0. The molecule has 0 radical (unpaired) electrons. The number of benzene rings is 1. The van der Waals surface area contributed by atoms with Gasteiger partial charge in [-0.3, -0.25) is 0 Å². The van der Waals surface area contributed by atoms with Crippen molar-refractivity contribution in [2.75, 3.05) is 13.2 Å². The highest BCUT2D eigenvalue weighted by Gasteiger charge is 2.01. The van der Waals surface area contributed by atoms with Crippen LogP contribution in [0.15, 0.2) is 30.5 Å². The summed E-state index contributed by atoms with van der Waals surface area (Å²) in [5, 5.41) is 10.3. The number of rotatable bonds is 7. The van der Waals surface area contributed by atoms with Gasteiger partial charge in [0, 0.05) is 24.9 Å². The lowest BCUT2D eigenvalue weighted by Crippen LogP contribution is -2.05. The third-order valence-corrected chi connectivity index (χ3v) is 3.14. The third-order valence-electron chi connectivity index (χ3n) is 3.14. The molecule has 98 valence electrons. The van der Waals surface area contributed by atoms with Crippen molar-refractivity contribution in [1.29, 1.82) is 0 Å². The molecule has 1 aromatic carbocycles. The number of hydrogen-bond donors (Lipinski definition) is 1. The zero-order chi connectivity index (χ0) is 12.8. The van der Waals surface area contributed by atoms with Crippen molar-refractivity contribution in [2.45, 2.75) is 32.9 Å². The van der Waals surface area contributed by atoms with Gasteiger partial charge in [0.1, 0.15) is 0 Å². The predicted molar refractivity (Wildman–Crippen MR) is 73.6 cm³/mol. The van der Waals surface area contributed by atoms with Crippen molar-refractivity contribution < 1.29 is 9.84 Å². The Hall–Kier alpha value is -1.32. The van der Waals surface area contributed by atoms with Crippen LogP contribution in [-0.2, 0) is 17.9 Å². The SMILES string of the molecule is CCCCOCCn1ccc2cc(CO)ccc21. The van der Waals surface area contributed by atoms with E-state index in [0.29, 0.717) is 0 Å². The summed E-state index contributed by atoms with van der Waals surface area (Å²) < 4.78 is 7.78. The first kappa shape index (κ1) is 13.1. The van der Waals surface area contributed by atoms with Gasteiger partial charge in [-0.05, 0) is 35.6 Å².